The van der Waals surface area contributed by atoms with Crippen molar-refractivity contribution in [3.8, 4) is 0 Å². The van der Waals surface area contributed by atoms with E-state index in [0.29, 0.717) is 5.56 Å². The van der Waals surface area contributed by atoms with Crippen LogP contribution in [-0.2, 0) is 9.59 Å². The van der Waals surface area contributed by atoms with Gasteiger partial charge in [-0.15, -0.1) is 11.6 Å². The molecule has 1 aromatic rings. The highest BCUT2D eigenvalue weighted by atomic mass is 79.9. The lowest BCUT2D eigenvalue weighted by Crippen LogP contribution is -2.22. The Morgan fingerprint density at radius 2 is 1.71 bits per heavy atom. The summed E-state index contributed by atoms with van der Waals surface area (Å²) in [5.74, 6) is -1.46. The van der Waals surface area contributed by atoms with E-state index in [-0.39, 0.29) is 5.91 Å². The Kier molecular flexibility index (Phi) is 3.61. The van der Waals surface area contributed by atoms with Crippen LogP contribution in [-0.4, -0.2) is 17.2 Å². The van der Waals surface area contributed by atoms with Crippen LogP contribution in [0.3, 0.4) is 0 Å². The van der Waals surface area contributed by atoms with Crippen molar-refractivity contribution in [2.45, 2.75) is 18.2 Å². The Morgan fingerprint density at radius 1 is 1.18 bits per heavy atom. The van der Waals surface area contributed by atoms with E-state index >= 15 is 0 Å². The van der Waals surface area contributed by atoms with Crippen LogP contribution in [0.1, 0.15) is 17.0 Å². The molecule has 1 aromatic carbocycles. The molecule has 2 rings (SSSR count). The maximum Gasteiger partial charge on any atom is 0.245 e. The smallest absolute Gasteiger partial charge is 0.245 e. The summed E-state index contributed by atoms with van der Waals surface area (Å²) in [6.07, 6.45) is 0. The van der Waals surface area contributed by atoms with Gasteiger partial charge in [0.2, 0.25) is 11.8 Å². The SMILES string of the molecule is Cc1cc(Br)c(C2C(=O)NC(=O)C2Cl)c(Br)c1. The van der Waals surface area contributed by atoms with E-state index in [1.807, 2.05) is 19.1 Å². The first-order valence-electron chi connectivity index (χ1n) is 4.86. The molecule has 3 nitrogen and oxygen atoms in total. The second-order valence-corrected chi connectivity index (χ2v) is 6.05. The number of rotatable bonds is 1. The highest BCUT2D eigenvalue weighted by Gasteiger charge is 2.43. The van der Waals surface area contributed by atoms with E-state index in [0.717, 1.165) is 14.5 Å². The normalized spacial score (nSPS) is 24.0. The third-order valence-corrected chi connectivity index (χ3v) is 4.37. The van der Waals surface area contributed by atoms with E-state index in [4.69, 9.17) is 11.6 Å². The average Bonchev–Trinajstić information content (AvgIpc) is 2.43. The lowest BCUT2D eigenvalue weighted by Gasteiger charge is -2.15. The van der Waals surface area contributed by atoms with E-state index in [1.165, 1.54) is 0 Å². The summed E-state index contributed by atoms with van der Waals surface area (Å²) in [6.45, 7) is 1.94. The number of aryl methyl sites for hydroxylation is 1. The summed E-state index contributed by atoms with van der Waals surface area (Å²) in [5.41, 5.74) is 1.75. The number of amides is 2. The number of hydrogen-bond donors (Lipinski definition) is 1. The van der Waals surface area contributed by atoms with Gasteiger partial charge in [-0.1, -0.05) is 31.9 Å². The van der Waals surface area contributed by atoms with Crippen LogP contribution in [0.4, 0.5) is 0 Å². The van der Waals surface area contributed by atoms with Gasteiger partial charge in [0.05, 0.1) is 5.92 Å². The van der Waals surface area contributed by atoms with Gasteiger partial charge in [0.25, 0.3) is 0 Å². The van der Waals surface area contributed by atoms with Crippen molar-refractivity contribution in [2.24, 2.45) is 0 Å². The first-order valence-corrected chi connectivity index (χ1v) is 6.88. The van der Waals surface area contributed by atoms with Crippen LogP contribution in [0.25, 0.3) is 0 Å². The molecule has 1 fully saturated rings. The van der Waals surface area contributed by atoms with Gasteiger partial charge in [-0.3, -0.25) is 14.9 Å². The molecular weight excluding hydrogens is 373 g/mol. The number of nitrogens with one attached hydrogen (secondary N) is 1. The van der Waals surface area contributed by atoms with Gasteiger partial charge in [0, 0.05) is 8.95 Å². The Hall–Kier alpha value is -0.390. The van der Waals surface area contributed by atoms with Gasteiger partial charge in [-0.25, -0.2) is 0 Å². The summed E-state index contributed by atoms with van der Waals surface area (Å²) < 4.78 is 1.54. The molecule has 6 heteroatoms. The Morgan fingerprint density at radius 3 is 2.12 bits per heavy atom. The molecule has 1 saturated heterocycles. The highest BCUT2D eigenvalue weighted by Crippen LogP contribution is 2.38. The number of imide groups is 1. The fraction of sp³-hybridized carbons (Fsp3) is 0.273. The molecule has 1 N–H and O–H groups in total. The van der Waals surface area contributed by atoms with Crippen LogP contribution in [0.5, 0.6) is 0 Å². The molecule has 0 aliphatic carbocycles. The zero-order chi connectivity index (χ0) is 12.7. The van der Waals surface area contributed by atoms with E-state index in [9.17, 15) is 9.59 Å². The number of halogens is 3. The summed E-state index contributed by atoms with van der Waals surface area (Å²) >= 11 is 12.8. The predicted octanol–water partition coefficient (Wildman–Crippen LogP) is 2.87. The van der Waals surface area contributed by atoms with Gasteiger partial charge in [-0.05, 0) is 30.2 Å². The van der Waals surface area contributed by atoms with Crippen molar-refractivity contribution in [2.75, 3.05) is 0 Å². The zero-order valence-electron chi connectivity index (χ0n) is 8.76. The minimum atomic E-state index is -0.863. The molecule has 2 unspecified atom stereocenters. The van der Waals surface area contributed by atoms with Crippen molar-refractivity contribution in [1.29, 1.82) is 0 Å². The molecule has 1 aliphatic heterocycles. The number of benzene rings is 1. The van der Waals surface area contributed by atoms with Crippen LogP contribution in [0.2, 0.25) is 0 Å². The standard InChI is InChI=1S/C11H8Br2ClNO2/c1-4-2-5(12)7(6(13)3-4)8-9(14)11(17)15-10(8)16/h2-3,8-9H,1H3,(H,15,16,17). The largest absolute Gasteiger partial charge is 0.295 e. The molecule has 0 aromatic heterocycles. The van der Waals surface area contributed by atoms with Gasteiger partial charge in [0.1, 0.15) is 5.38 Å². The van der Waals surface area contributed by atoms with Crippen molar-refractivity contribution >= 4 is 55.3 Å². The van der Waals surface area contributed by atoms with Crippen molar-refractivity contribution in [3.05, 3.63) is 32.2 Å². The van der Waals surface area contributed by atoms with Crippen LogP contribution in [0.15, 0.2) is 21.1 Å². The molecule has 90 valence electrons. The Bertz CT molecular complexity index is 495. The minimum absolute atomic E-state index is 0.361. The Labute approximate surface area is 120 Å². The van der Waals surface area contributed by atoms with Crippen molar-refractivity contribution in [3.63, 3.8) is 0 Å². The topological polar surface area (TPSA) is 46.2 Å². The summed E-state index contributed by atoms with van der Waals surface area (Å²) in [6, 6.07) is 3.78. The lowest BCUT2D eigenvalue weighted by atomic mass is 9.96. The predicted molar refractivity (Wildman–Crippen MR) is 72.1 cm³/mol. The monoisotopic (exact) mass is 379 g/mol. The van der Waals surface area contributed by atoms with Crippen LogP contribution in [0, 0.1) is 6.92 Å². The van der Waals surface area contributed by atoms with Gasteiger partial charge < -0.3 is 0 Å². The fourth-order valence-corrected chi connectivity index (χ4v) is 4.04. The van der Waals surface area contributed by atoms with Gasteiger partial charge in [0.15, 0.2) is 0 Å². The summed E-state index contributed by atoms with van der Waals surface area (Å²) in [5, 5.41) is 1.37. The van der Waals surface area contributed by atoms with E-state index < -0.39 is 17.2 Å². The Balaban J connectivity index is 2.54. The van der Waals surface area contributed by atoms with Crippen molar-refractivity contribution in [1.82, 2.24) is 5.32 Å². The molecular formula is C11H8Br2ClNO2. The third kappa shape index (κ3) is 2.28. The second kappa shape index (κ2) is 4.71. The zero-order valence-corrected chi connectivity index (χ0v) is 12.7. The van der Waals surface area contributed by atoms with Crippen LogP contribution >= 0.6 is 43.5 Å². The minimum Gasteiger partial charge on any atom is -0.295 e. The molecule has 0 saturated carbocycles. The lowest BCUT2D eigenvalue weighted by molar-refractivity contribution is -0.125. The molecule has 17 heavy (non-hydrogen) atoms. The first kappa shape index (κ1) is 13.1. The van der Waals surface area contributed by atoms with Crippen molar-refractivity contribution < 1.29 is 9.59 Å². The first-order chi connectivity index (χ1) is 7.91. The summed E-state index contributed by atoms with van der Waals surface area (Å²) in [7, 11) is 0. The molecule has 1 heterocycles. The molecule has 2 atom stereocenters. The molecule has 1 aliphatic rings. The van der Waals surface area contributed by atoms with E-state index in [1.54, 1.807) is 0 Å². The third-order valence-electron chi connectivity index (χ3n) is 2.61. The van der Waals surface area contributed by atoms with Crippen LogP contribution < -0.4 is 5.32 Å². The quantitative estimate of drug-likeness (QED) is 0.601. The average molecular weight is 381 g/mol. The second-order valence-electron chi connectivity index (χ2n) is 3.88. The molecule has 0 bridgehead atoms. The van der Waals surface area contributed by atoms with Gasteiger partial charge >= 0.3 is 0 Å². The summed E-state index contributed by atoms with van der Waals surface area (Å²) in [4.78, 5) is 23.1. The molecule has 0 radical (unpaired) electrons. The fourth-order valence-electron chi connectivity index (χ4n) is 1.84. The number of hydrogen-bond acceptors (Lipinski definition) is 2. The number of alkyl halides is 1. The molecule has 0 spiro atoms. The maximum atomic E-state index is 11.7. The molecule has 2 amide bonds. The van der Waals surface area contributed by atoms with Gasteiger partial charge in [-0.2, -0.15) is 0 Å². The maximum absolute atomic E-state index is 11.7. The number of carbonyl (C=O) groups excluding carboxylic acids is 2. The number of carbonyl (C=O) groups is 2. The highest BCUT2D eigenvalue weighted by molar-refractivity contribution is 9.11. The van der Waals surface area contributed by atoms with E-state index in [2.05, 4.69) is 37.2 Å².